The largest absolute Gasteiger partial charge is 0.454 e. The minimum Gasteiger partial charge on any atom is -0.454 e. The second-order valence-corrected chi connectivity index (χ2v) is 10.3. The molecular weight excluding hydrogens is 482 g/mol. The Morgan fingerprint density at radius 1 is 1.00 bits per heavy atom. The number of nitrogens with one attached hydrogen (secondary N) is 1. The molecule has 1 aliphatic carbocycles. The van der Waals surface area contributed by atoms with Gasteiger partial charge in [-0.1, -0.05) is 24.3 Å². The molecule has 2 aliphatic heterocycles. The lowest BCUT2D eigenvalue weighted by atomic mass is 9.94. The quantitative estimate of drug-likeness (QED) is 0.497. The number of amides is 3. The molecule has 1 saturated carbocycles. The first-order valence-electron chi connectivity index (χ1n) is 12.9. The van der Waals surface area contributed by atoms with E-state index in [0.717, 1.165) is 41.5 Å². The molecule has 8 heteroatoms. The molecule has 0 unspecified atom stereocenters. The van der Waals surface area contributed by atoms with Crippen molar-refractivity contribution in [3.05, 3.63) is 77.4 Å². The van der Waals surface area contributed by atoms with Crippen LogP contribution in [0, 0.1) is 6.92 Å². The van der Waals surface area contributed by atoms with Crippen molar-refractivity contribution in [2.75, 3.05) is 18.7 Å². The van der Waals surface area contributed by atoms with Crippen molar-refractivity contribution >= 4 is 23.4 Å². The SMILES string of the molecule is Cc1ccc(NC(=O)C2(c3ccc4c(c3)OCO4)CC2)cc1-c1ccc(C(=O)N2CCC[C@H]2C(N)=O)cc1.[HH].[HH]. The number of aryl methyl sites for hydroxylation is 1. The summed E-state index contributed by atoms with van der Waals surface area (Å²) in [6.45, 7) is 2.74. The van der Waals surface area contributed by atoms with Crippen LogP contribution in [0.5, 0.6) is 11.5 Å². The molecule has 0 aromatic heterocycles. The molecule has 1 saturated heterocycles. The van der Waals surface area contributed by atoms with Gasteiger partial charge in [0.1, 0.15) is 6.04 Å². The van der Waals surface area contributed by atoms with E-state index in [2.05, 4.69) is 5.32 Å². The zero-order valence-electron chi connectivity index (χ0n) is 21.2. The summed E-state index contributed by atoms with van der Waals surface area (Å²) < 4.78 is 10.9. The standard InChI is InChI=1S/C30H29N3O5.2H2/c1-18-4-10-22(32-29(36)30(12-13-30)21-9-11-25-26(15-21)38-17-37-25)16-23(18)19-5-7-20(8-6-19)28(35)33-14-2-3-24(33)27(31)34;;/h4-11,15-16,24H,2-3,12-14,17H2,1H3,(H2,31,34)(H,32,36);2*1H/t24-;;/m0../s1. The number of primary amides is 1. The van der Waals surface area contributed by atoms with E-state index in [4.69, 9.17) is 15.2 Å². The average molecular weight is 516 g/mol. The van der Waals surface area contributed by atoms with Crippen LogP contribution in [-0.2, 0) is 15.0 Å². The minimum atomic E-state index is -0.563. The second-order valence-electron chi connectivity index (χ2n) is 10.3. The molecule has 3 aliphatic rings. The molecule has 0 spiro atoms. The number of rotatable bonds is 6. The Kier molecular flexibility index (Phi) is 5.82. The predicted octanol–water partition coefficient (Wildman–Crippen LogP) is 4.64. The van der Waals surface area contributed by atoms with Gasteiger partial charge < -0.3 is 25.4 Å². The molecular formula is C30H33N3O5. The molecule has 2 fully saturated rings. The first-order chi connectivity index (χ1) is 18.4. The predicted molar refractivity (Wildman–Crippen MR) is 146 cm³/mol. The highest BCUT2D eigenvalue weighted by Crippen LogP contribution is 2.51. The number of likely N-dealkylation sites (tertiary alicyclic amines) is 1. The highest BCUT2D eigenvalue weighted by atomic mass is 16.7. The summed E-state index contributed by atoms with van der Waals surface area (Å²) in [5.41, 5.74) is 10.0. The Balaban J connectivity index is 0.00000185. The van der Waals surface area contributed by atoms with Gasteiger partial charge in [-0.2, -0.15) is 0 Å². The summed E-state index contributed by atoms with van der Waals surface area (Å²) in [6, 6.07) is 18.4. The van der Waals surface area contributed by atoms with Crippen LogP contribution in [0.3, 0.4) is 0 Å². The third-order valence-electron chi connectivity index (χ3n) is 7.89. The smallest absolute Gasteiger partial charge is 0.254 e. The van der Waals surface area contributed by atoms with Crippen LogP contribution in [0.15, 0.2) is 60.7 Å². The van der Waals surface area contributed by atoms with Gasteiger partial charge in [0.15, 0.2) is 11.5 Å². The van der Waals surface area contributed by atoms with Crippen LogP contribution in [0.25, 0.3) is 11.1 Å². The van der Waals surface area contributed by atoms with Crippen molar-refractivity contribution in [3.63, 3.8) is 0 Å². The number of nitrogens with zero attached hydrogens (tertiary/aromatic N) is 1. The van der Waals surface area contributed by atoms with Gasteiger partial charge >= 0.3 is 0 Å². The zero-order valence-corrected chi connectivity index (χ0v) is 21.2. The van der Waals surface area contributed by atoms with Crippen molar-refractivity contribution < 1.29 is 26.7 Å². The van der Waals surface area contributed by atoms with Crippen LogP contribution in [0.1, 0.15) is 50.0 Å². The van der Waals surface area contributed by atoms with Gasteiger partial charge in [-0.15, -0.1) is 0 Å². The molecule has 6 rings (SSSR count). The van der Waals surface area contributed by atoms with Gasteiger partial charge in [0.25, 0.3) is 5.91 Å². The van der Waals surface area contributed by atoms with Crippen molar-refractivity contribution in [1.82, 2.24) is 4.90 Å². The maximum atomic E-state index is 13.4. The molecule has 38 heavy (non-hydrogen) atoms. The van der Waals surface area contributed by atoms with Crippen molar-refractivity contribution in [2.45, 2.75) is 44.1 Å². The van der Waals surface area contributed by atoms with Gasteiger partial charge in [-0.3, -0.25) is 14.4 Å². The molecule has 3 aromatic rings. The number of anilines is 1. The van der Waals surface area contributed by atoms with Gasteiger partial charge in [-0.05, 0) is 91.3 Å². The maximum absolute atomic E-state index is 13.4. The van der Waals surface area contributed by atoms with Gasteiger partial charge in [-0.25, -0.2) is 0 Å². The summed E-state index contributed by atoms with van der Waals surface area (Å²) in [5, 5.41) is 3.11. The number of hydrogen-bond acceptors (Lipinski definition) is 5. The van der Waals surface area contributed by atoms with Gasteiger partial charge in [0, 0.05) is 20.6 Å². The van der Waals surface area contributed by atoms with Crippen molar-refractivity contribution in [1.29, 1.82) is 0 Å². The third kappa shape index (κ3) is 4.16. The monoisotopic (exact) mass is 515 g/mol. The third-order valence-corrected chi connectivity index (χ3v) is 7.89. The zero-order chi connectivity index (χ0) is 26.4. The fourth-order valence-electron chi connectivity index (χ4n) is 5.49. The topological polar surface area (TPSA) is 111 Å². The summed E-state index contributed by atoms with van der Waals surface area (Å²) in [4.78, 5) is 39.7. The molecule has 3 N–H and O–H groups in total. The Morgan fingerprint density at radius 2 is 1.76 bits per heavy atom. The Hall–Kier alpha value is -4.33. The van der Waals surface area contributed by atoms with Gasteiger partial charge in [0.05, 0.1) is 5.41 Å². The van der Waals surface area contributed by atoms with E-state index in [1.807, 2.05) is 55.5 Å². The molecule has 1 atom stereocenters. The number of carbonyl (C=O) groups is 3. The normalized spacial score (nSPS) is 18.8. The van der Waals surface area contributed by atoms with Crippen LogP contribution < -0.4 is 20.5 Å². The van der Waals surface area contributed by atoms with E-state index in [-0.39, 0.29) is 21.5 Å². The first-order valence-corrected chi connectivity index (χ1v) is 12.9. The highest BCUT2D eigenvalue weighted by molar-refractivity contribution is 6.02. The summed E-state index contributed by atoms with van der Waals surface area (Å²) in [6.07, 6.45) is 2.93. The summed E-state index contributed by atoms with van der Waals surface area (Å²) in [7, 11) is 0. The molecule has 3 amide bonds. The van der Waals surface area contributed by atoms with Crippen LogP contribution in [0.4, 0.5) is 5.69 Å². The first kappa shape index (κ1) is 24.0. The molecule has 0 radical (unpaired) electrons. The fraction of sp³-hybridized carbons (Fsp3) is 0.300. The van der Waals surface area contributed by atoms with Gasteiger partial charge in [0.2, 0.25) is 18.6 Å². The summed E-state index contributed by atoms with van der Waals surface area (Å²) >= 11 is 0. The van der Waals surface area contributed by atoms with Crippen LogP contribution in [0.2, 0.25) is 0 Å². The highest BCUT2D eigenvalue weighted by Gasteiger charge is 2.51. The Morgan fingerprint density at radius 3 is 2.50 bits per heavy atom. The molecule has 3 aromatic carbocycles. The van der Waals surface area contributed by atoms with Crippen LogP contribution in [-0.4, -0.2) is 42.0 Å². The number of ether oxygens (including phenoxy) is 2. The second kappa shape index (κ2) is 9.20. The lowest BCUT2D eigenvalue weighted by Gasteiger charge is -2.22. The number of nitrogens with two attached hydrogens (primary N) is 1. The fourth-order valence-corrected chi connectivity index (χ4v) is 5.49. The maximum Gasteiger partial charge on any atom is 0.254 e. The van der Waals surface area contributed by atoms with E-state index < -0.39 is 17.4 Å². The number of hydrogen-bond donors (Lipinski definition) is 2. The van der Waals surface area contributed by atoms with E-state index in [1.54, 1.807) is 17.0 Å². The molecule has 198 valence electrons. The van der Waals surface area contributed by atoms with Crippen molar-refractivity contribution in [2.24, 2.45) is 5.73 Å². The molecule has 8 nitrogen and oxygen atoms in total. The lowest BCUT2D eigenvalue weighted by Crippen LogP contribution is -2.43. The lowest BCUT2D eigenvalue weighted by molar-refractivity contribution is -0.121. The number of fused-ring (bicyclic) bond motifs is 1. The number of benzene rings is 3. The Labute approximate surface area is 223 Å². The average Bonchev–Trinajstić information content (AvgIpc) is 3.35. The van der Waals surface area contributed by atoms with E-state index >= 15 is 0 Å². The number of carbonyl (C=O) groups excluding carboxylic acids is 3. The van der Waals surface area contributed by atoms with Crippen molar-refractivity contribution in [3.8, 4) is 22.6 Å². The van der Waals surface area contributed by atoms with E-state index in [9.17, 15) is 14.4 Å². The molecule has 2 heterocycles. The Bertz CT molecular complexity index is 1460. The molecule has 0 bridgehead atoms. The summed E-state index contributed by atoms with van der Waals surface area (Å²) in [5.74, 6) is 0.689. The minimum absolute atomic E-state index is 0. The van der Waals surface area contributed by atoms with E-state index in [1.165, 1.54) is 0 Å². The van der Waals surface area contributed by atoms with E-state index in [0.29, 0.717) is 35.7 Å². The van der Waals surface area contributed by atoms with Crippen LogP contribution >= 0.6 is 0 Å².